The van der Waals surface area contributed by atoms with Gasteiger partial charge in [0.05, 0.1) is 5.75 Å². The molecule has 0 unspecified atom stereocenters. The highest BCUT2D eigenvalue weighted by atomic mass is 32.2. The molecular formula is C20H29N5OS. The average molecular weight is 388 g/mol. The van der Waals surface area contributed by atoms with E-state index in [1.165, 1.54) is 43.9 Å². The summed E-state index contributed by atoms with van der Waals surface area (Å²) in [5, 5.41) is 10.8. The van der Waals surface area contributed by atoms with E-state index in [9.17, 15) is 4.79 Å². The van der Waals surface area contributed by atoms with Crippen LogP contribution in [-0.2, 0) is 17.8 Å². The molecule has 1 fully saturated rings. The minimum atomic E-state index is -0.00556. The molecule has 1 amide bonds. The SMILES string of the molecule is CN(C)c1ccc(CNC(=O)CSc2n[nH]c(CCC3CCCC3)n2)cc1. The minimum absolute atomic E-state index is 0.00556. The van der Waals surface area contributed by atoms with Crippen molar-refractivity contribution >= 4 is 23.4 Å². The van der Waals surface area contributed by atoms with Crippen molar-refractivity contribution in [3.63, 3.8) is 0 Å². The number of benzene rings is 1. The van der Waals surface area contributed by atoms with E-state index in [1.54, 1.807) is 0 Å². The highest BCUT2D eigenvalue weighted by Gasteiger charge is 2.16. The van der Waals surface area contributed by atoms with E-state index in [0.717, 1.165) is 29.4 Å². The molecule has 27 heavy (non-hydrogen) atoms. The Balaban J connectivity index is 1.36. The zero-order valence-corrected chi connectivity index (χ0v) is 17.0. The molecule has 0 saturated heterocycles. The first-order valence-electron chi connectivity index (χ1n) is 9.67. The van der Waals surface area contributed by atoms with Crippen LogP contribution in [0.1, 0.15) is 43.5 Å². The number of carbonyl (C=O) groups excluding carboxylic acids is 1. The van der Waals surface area contributed by atoms with Gasteiger partial charge in [0.2, 0.25) is 11.1 Å². The van der Waals surface area contributed by atoms with E-state index < -0.39 is 0 Å². The summed E-state index contributed by atoms with van der Waals surface area (Å²) in [7, 11) is 4.02. The van der Waals surface area contributed by atoms with Gasteiger partial charge in [0.15, 0.2) is 0 Å². The van der Waals surface area contributed by atoms with Crippen LogP contribution in [0.5, 0.6) is 0 Å². The summed E-state index contributed by atoms with van der Waals surface area (Å²) >= 11 is 1.38. The monoisotopic (exact) mass is 387 g/mol. The van der Waals surface area contributed by atoms with E-state index in [-0.39, 0.29) is 5.91 Å². The normalized spacial score (nSPS) is 14.4. The molecule has 1 aliphatic carbocycles. The highest BCUT2D eigenvalue weighted by molar-refractivity contribution is 7.99. The summed E-state index contributed by atoms with van der Waals surface area (Å²) in [4.78, 5) is 18.6. The number of thioether (sulfide) groups is 1. The zero-order chi connectivity index (χ0) is 19.1. The maximum atomic E-state index is 12.1. The van der Waals surface area contributed by atoms with Gasteiger partial charge in [-0.2, -0.15) is 0 Å². The Hall–Kier alpha value is -2.02. The second kappa shape index (κ2) is 9.78. The fraction of sp³-hybridized carbons (Fsp3) is 0.550. The third-order valence-corrected chi connectivity index (χ3v) is 5.90. The minimum Gasteiger partial charge on any atom is -0.378 e. The van der Waals surface area contributed by atoms with E-state index in [0.29, 0.717) is 17.5 Å². The number of hydrogen-bond acceptors (Lipinski definition) is 5. The number of H-pyrrole nitrogens is 1. The van der Waals surface area contributed by atoms with Gasteiger partial charge in [-0.1, -0.05) is 49.6 Å². The first kappa shape index (κ1) is 19.7. The summed E-state index contributed by atoms with van der Waals surface area (Å²) in [6.45, 7) is 0.535. The fourth-order valence-corrected chi connectivity index (χ4v) is 4.03. The molecule has 0 atom stereocenters. The number of rotatable bonds is 9. The van der Waals surface area contributed by atoms with Crippen molar-refractivity contribution < 1.29 is 4.79 Å². The molecular weight excluding hydrogens is 358 g/mol. The number of aromatic amines is 1. The van der Waals surface area contributed by atoms with Gasteiger partial charge in [-0.3, -0.25) is 9.89 Å². The second-order valence-electron chi connectivity index (χ2n) is 7.38. The van der Waals surface area contributed by atoms with Gasteiger partial charge < -0.3 is 10.2 Å². The Morgan fingerprint density at radius 1 is 1.26 bits per heavy atom. The Bertz CT molecular complexity index is 722. The number of carbonyl (C=O) groups is 1. The third-order valence-electron chi connectivity index (χ3n) is 5.05. The van der Waals surface area contributed by atoms with E-state index >= 15 is 0 Å². The van der Waals surface area contributed by atoms with E-state index in [4.69, 9.17) is 0 Å². The molecule has 1 saturated carbocycles. The lowest BCUT2D eigenvalue weighted by molar-refractivity contribution is -0.118. The van der Waals surface area contributed by atoms with Crippen LogP contribution in [0.25, 0.3) is 0 Å². The smallest absolute Gasteiger partial charge is 0.230 e. The molecule has 1 aliphatic rings. The van der Waals surface area contributed by atoms with Crippen LogP contribution in [0.3, 0.4) is 0 Å². The molecule has 146 valence electrons. The van der Waals surface area contributed by atoms with Gasteiger partial charge in [0.1, 0.15) is 5.82 Å². The van der Waals surface area contributed by atoms with Crippen LogP contribution < -0.4 is 10.2 Å². The third kappa shape index (κ3) is 6.27. The number of amides is 1. The van der Waals surface area contributed by atoms with Gasteiger partial charge in [-0.15, -0.1) is 5.10 Å². The summed E-state index contributed by atoms with van der Waals surface area (Å²) < 4.78 is 0. The van der Waals surface area contributed by atoms with E-state index in [2.05, 4.69) is 37.5 Å². The lowest BCUT2D eigenvalue weighted by Crippen LogP contribution is -2.24. The van der Waals surface area contributed by atoms with Gasteiger partial charge in [-0.25, -0.2) is 4.98 Å². The van der Waals surface area contributed by atoms with Crippen LogP contribution >= 0.6 is 11.8 Å². The molecule has 0 spiro atoms. The summed E-state index contributed by atoms with van der Waals surface area (Å²) in [5.74, 6) is 2.11. The molecule has 0 radical (unpaired) electrons. The number of aryl methyl sites for hydroxylation is 1. The van der Waals surface area contributed by atoms with Gasteiger partial charge in [0.25, 0.3) is 0 Å². The van der Waals surface area contributed by atoms with Crippen molar-refractivity contribution in [3.05, 3.63) is 35.7 Å². The Morgan fingerprint density at radius 3 is 2.70 bits per heavy atom. The Labute approximate surface area is 165 Å². The van der Waals surface area contributed by atoms with Gasteiger partial charge >= 0.3 is 0 Å². The van der Waals surface area contributed by atoms with Crippen LogP contribution in [-0.4, -0.2) is 40.9 Å². The second-order valence-corrected chi connectivity index (χ2v) is 8.32. The Morgan fingerprint density at radius 2 is 2.00 bits per heavy atom. The molecule has 2 aromatic rings. The molecule has 1 aromatic heterocycles. The van der Waals surface area contributed by atoms with Crippen molar-refractivity contribution in [1.82, 2.24) is 20.5 Å². The van der Waals surface area contributed by atoms with Crippen LogP contribution in [0.2, 0.25) is 0 Å². The van der Waals surface area contributed by atoms with Crippen molar-refractivity contribution in [2.45, 2.75) is 50.2 Å². The lowest BCUT2D eigenvalue weighted by atomic mass is 10.0. The lowest BCUT2D eigenvalue weighted by Gasteiger charge is -2.12. The molecule has 0 aliphatic heterocycles. The Kier molecular flexibility index (Phi) is 7.15. The van der Waals surface area contributed by atoms with Crippen LogP contribution in [0.15, 0.2) is 29.4 Å². The number of nitrogens with one attached hydrogen (secondary N) is 2. The summed E-state index contributed by atoms with van der Waals surface area (Å²) in [6.07, 6.45) is 7.59. The van der Waals surface area contributed by atoms with Crippen molar-refractivity contribution in [2.75, 3.05) is 24.7 Å². The molecule has 6 nitrogen and oxygen atoms in total. The van der Waals surface area contributed by atoms with Gasteiger partial charge in [-0.05, 0) is 30.0 Å². The largest absolute Gasteiger partial charge is 0.378 e. The average Bonchev–Trinajstić information content (AvgIpc) is 3.35. The van der Waals surface area contributed by atoms with Crippen molar-refractivity contribution in [2.24, 2.45) is 5.92 Å². The summed E-state index contributed by atoms with van der Waals surface area (Å²) in [6, 6.07) is 8.18. The first-order chi connectivity index (χ1) is 13.1. The predicted molar refractivity (Wildman–Crippen MR) is 110 cm³/mol. The van der Waals surface area contributed by atoms with Crippen LogP contribution in [0, 0.1) is 5.92 Å². The molecule has 3 rings (SSSR count). The first-order valence-corrected chi connectivity index (χ1v) is 10.7. The molecule has 1 aromatic carbocycles. The molecule has 0 bridgehead atoms. The van der Waals surface area contributed by atoms with Crippen molar-refractivity contribution in [1.29, 1.82) is 0 Å². The maximum Gasteiger partial charge on any atom is 0.230 e. The predicted octanol–water partition coefficient (Wildman–Crippen LogP) is 3.40. The number of hydrogen-bond donors (Lipinski definition) is 2. The van der Waals surface area contributed by atoms with E-state index in [1.807, 2.05) is 26.2 Å². The topological polar surface area (TPSA) is 73.9 Å². The highest BCUT2D eigenvalue weighted by Crippen LogP contribution is 2.28. The standard InChI is InChI=1S/C20H29N5OS/c1-25(2)17-10-7-16(8-11-17)13-21-19(26)14-27-20-22-18(23-24-20)12-9-15-5-3-4-6-15/h7-8,10-11,15H,3-6,9,12-14H2,1-2H3,(H,21,26)(H,22,23,24). The molecule has 7 heteroatoms. The number of anilines is 1. The quantitative estimate of drug-likeness (QED) is 0.645. The number of nitrogens with zero attached hydrogens (tertiary/aromatic N) is 3. The van der Waals surface area contributed by atoms with Crippen LogP contribution in [0.4, 0.5) is 5.69 Å². The number of aromatic nitrogens is 3. The fourth-order valence-electron chi connectivity index (χ4n) is 3.39. The molecule has 2 N–H and O–H groups in total. The summed E-state index contributed by atoms with van der Waals surface area (Å²) in [5.41, 5.74) is 2.24. The van der Waals surface area contributed by atoms with Crippen molar-refractivity contribution in [3.8, 4) is 0 Å². The zero-order valence-electron chi connectivity index (χ0n) is 16.2. The molecule has 1 heterocycles. The maximum absolute atomic E-state index is 12.1. The van der Waals surface area contributed by atoms with Gasteiger partial charge in [0, 0.05) is 32.7 Å².